The topological polar surface area (TPSA) is 69.2 Å². The van der Waals surface area contributed by atoms with Gasteiger partial charge in [-0.1, -0.05) is 25.1 Å². The van der Waals surface area contributed by atoms with Gasteiger partial charge in [0.05, 0.1) is 0 Å². The molecule has 0 aliphatic carbocycles. The highest BCUT2D eigenvalue weighted by Gasteiger charge is 2.18. The van der Waals surface area contributed by atoms with Crippen LogP contribution in [0.15, 0.2) is 35.6 Å². The van der Waals surface area contributed by atoms with Crippen molar-refractivity contribution in [2.75, 3.05) is 20.1 Å². The summed E-state index contributed by atoms with van der Waals surface area (Å²) >= 11 is 0. The van der Waals surface area contributed by atoms with Crippen LogP contribution in [0.5, 0.6) is 0 Å². The second kappa shape index (κ2) is 9.00. The Bertz CT molecular complexity index is 647. The molecule has 0 saturated carbocycles. The van der Waals surface area contributed by atoms with E-state index in [1.54, 1.807) is 0 Å². The number of aromatic amines is 1. The molecular formula is C17H25IN6. The number of hydrogen-bond donors (Lipinski definition) is 2. The van der Waals surface area contributed by atoms with Crippen molar-refractivity contribution in [2.24, 2.45) is 10.9 Å². The number of H-pyrrole nitrogens is 1. The molecule has 1 fully saturated rings. The number of piperidine rings is 1. The number of rotatable bonds is 3. The fraction of sp³-hybridized carbons (Fsp3) is 0.471. The second-order valence-electron chi connectivity index (χ2n) is 6.10. The molecule has 2 N–H and O–H groups in total. The minimum absolute atomic E-state index is 0. The molecule has 3 rings (SSSR count). The maximum absolute atomic E-state index is 4.43. The fourth-order valence-electron chi connectivity index (χ4n) is 2.91. The van der Waals surface area contributed by atoms with Crippen LogP contribution < -0.4 is 5.32 Å². The summed E-state index contributed by atoms with van der Waals surface area (Å²) in [5.41, 5.74) is 2.24. The van der Waals surface area contributed by atoms with Gasteiger partial charge in [0.1, 0.15) is 6.33 Å². The molecule has 0 atom stereocenters. The molecule has 6 nitrogen and oxygen atoms in total. The molecule has 24 heavy (non-hydrogen) atoms. The number of hydrogen-bond acceptors (Lipinski definition) is 3. The zero-order valence-electron chi connectivity index (χ0n) is 14.2. The summed E-state index contributed by atoms with van der Waals surface area (Å²) < 4.78 is 0. The summed E-state index contributed by atoms with van der Waals surface area (Å²) in [6, 6.07) is 8.31. The summed E-state index contributed by atoms with van der Waals surface area (Å²) in [6.45, 7) is 5.24. The van der Waals surface area contributed by atoms with Crippen LogP contribution in [-0.2, 0) is 6.54 Å². The molecule has 0 spiro atoms. The van der Waals surface area contributed by atoms with Gasteiger partial charge in [-0.3, -0.25) is 10.1 Å². The third kappa shape index (κ3) is 4.68. The first kappa shape index (κ1) is 18.7. The van der Waals surface area contributed by atoms with E-state index in [-0.39, 0.29) is 24.0 Å². The molecule has 1 aromatic heterocycles. The van der Waals surface area contributed by atoms with Gasteiger partial charge in [-0.25, -0.2) is 4.98 Å². The van der Waals surface area contributed by atoms with Gasteiger partial charge < -0.3 is 10.2 Å². The van der Waals surface area contributed by atoms with E-state index in [4.69, 9.17) is 0 Å². The summed E-state index contributed by atoms with van der Waals surface area (Å²) in [4.78, 5) is 11.0. The molecule has 0 radical (unpaired) electrons. The summed E-state index contributed by atoms with van der Waals surface area (Å²) in [7, 11) is 1.85. The third-order valence-corrected chi connectivity index (χ3v) is 4.36. The Kier molecular flexibility index (Phi) is 7.01. The molecule has 0 amide bonds. The van der Waals surface area contributed by atoms with Gasteiger partial charge in [-0.05, 0) is 30.4 Å². The van der Waals surface area contributed by atoms with Gasteiger partial charge in [0.2, 0.25) is 0 Å². The van der Waals surface area contributed by atoms with Crippen molar-refractivity contribution in [2.45, 2.75) is 26.3 Å². The number of nitrogens with zero attached hydrogens (tertiary/aromatic N) is 4. The number of guanidine groups is 1. The van der Waals surface area contributed by atoms with Gasteiger partial charge in [-0.15, -0.1) is 24.0 Å². The average Bonchev–Trinajstić information content (AvgIpc) is 3.12. The van der Waals surface area contributed by atoms with E-state index >= 15 is 0 Å². The Morgan fingerprint density at radius 2 is 2.17 bits per heavy atom. The van der Waals surface area contributed by atoms with Crippen molar-refractivity contribution in [1.82, 2.24) is 25.4 Å². The normalized spacial score (nSPS) is 15.9. The Labute approximate surface area is 160 Å². The number of aromatic nitrogens is 3. The van der Waals surface area contributed by atoms with Crippen LogP contribution in [0.3, 0.4) is 0 Å². The molecule has 0 bridgehead atoms. The molecule has 1 aliphatic rings. The van der Waals surface area contributed by atoms with E-state index in [1.807, 2.05) is 19.2 Å². The van der Waals surface area contributed by atoms with E-state index in [9.17, 15) is 0 Å². The standard InChI is InChI=1S/C17H24N6.HI/c1-13-6-8-23(9-7-13)17(18-2)19-11-14-4-3-5-15(10-14)16-20-12-21-22-16;/h3-5,10,12-13H,6-9,11H2,1-2H3,(H,18,19)(H,20,21,22);1H. The van der Waals surface area contributed by atoms with E-state index in [0.717, 1.165) is 42.9 Å². The lowest BCUT2D eigenvalue weighted by molar-refractivity contribution is 0.273. The maximum Gasteiger partial charge on any atom is 0.193 e. The minimum atomic E-state index is 0. The summed E-state index contributed by atoms with van der Waals surface area (Å²) in [5, 5.41) is 10.3. The molecule has 1 aliphatic heterocycles. The van der Waals surface area contributed by atoms with Crippen molar-refractivity contribution in [3.05, 3.63) is 36.2 Å². The highest BCUT2D eigenvalue weighted by molar-refractivity contribution is 14.0. The van der Waals surface area contributed by atoms with Crippen LogP contribution in [0.4, 0.5) is 0 Å². The fourth-order valence-corrected chi connectivity index (χ4v) is 2.91. The van der Waals surface area contributed by atoms with E-state index in [0.29, 0.717) is 0 Å². The van der Waals surface area contributed by atoms with E-state index in [1.165, 1.54) is 24.7 Å². The zero-order valence-corrected chi connectivity index (χ0v) is 16.5. The van der Waals surface area contributed by atoms with Crippen LogP contribution in [0, 0.1) is 5.92 Å². The Morgan fingerprint density at radius 3 is 2.83 bits per heavy atom. The van der Waals surface area contributed by atoms with Crippen LogP contribution >= 0.6 is 24.0 Å². The lowest BCUT2D eigenvalue weighted by Crippen LogP contribution is -2.45. The number of aliphatic imine (C=N–C) groups is 1. The van der Waals surface area contributed by atoms with Gasteiger partial charge in [0.25, 0.3) is 0 Å². The van der Waals surface area contributed by atoms with Crippen molar-refractivity contribution in [1.29, 1.82) is 0 Å². The molecule has 2 aromatic rings. The summed E-state index contributed by atoms with van der Waals surface area (Å²) in [6.07, 6.45) is 4.00. The first-order chi connectivity index (χ1) is 11.3. The number of nitrogens with one attached hydrogen (secondary N) is 2. The van der Waals surface area contributed by atoms with Gasteiger partial charge in [0, 0.05) is 32.2 Å². The highest BCUT2D eigenvalue weighted by Crippen LogP contribution is 2.17. The van der Waals surface area contributed by atoms with Crippen molar-refractivity contribution in [3.63, 3.8) is 0 Å². The first-order valence-corrected chi connectivity index (χ1v) is 8.16. The Morgan fingerprint density at radius 1 is 1.38 bits per heavy atom. The lowest BCUT2D eigenvalue weighted by Gasteiger charge is -2.32. The third-order valence-electron chi connectivity index (χ3n) is 4.36. The van der Waals surface area contributed by atoms with Gasteiger partial charge >= 0.3 is 0 Å². The number of likely N-dealkylation sites (tertiary alicyclic amines) is 1. The monoisotopic (exact) mass is 440 g/mol. The van der Waals surface area contributed by atoms with Crippen LogP contribution in [0.1, 0.15) is 25.3 Å². The molecule has 2 heterocycles. The first-order valence-electron chi connectivity index (χ1n) is 8.16. The quantitative estimate of drug-likeness (QED) is 0.438. The minimum Gasteiger partial charge on any atom is -0.352 e. The predicted molar refractivity (Wildman–Crippen MR) is 107 cm³/mol. The van der Waals surface area contributed by atoms with E-state index < -0.39 is 0 Å². The smallest absolute Gasteiger partial charge is 0.193 e. The molecule has 1 aromatic carbocycles. The number of benzene rings is 1. The predicted octanol–water partition coefficient (Wildman–Crippen LogP) is 2.90. The van der Waals surface area contributed by atoms with Crippen molar-refractivity contribution >= 4 is 29.9 Å². The Balaban J connectivity index is 0.00000208. The lowest BCUT2D eigenvalue weighted by atomic mass is 9.99. The summed E-state index contributed by atoms with van der Waals surface area (Å²) in [5.74, 6) is 2.60. The van der Waals surface area contributed by atoms with Gasteiger partial charge in [0.15, 0.2) is 11.8 Å². The molecule has 0 unspecified atom stereocenters. The molecule has 7 heteroatoms. The van der Waals surface area contributed by atoms with Crippen LogP contribution in [0.2, 0.25) is 0 Å². The average molecular weight is 440 g/mol. The number of halogens is 1. The van der Waals surface area contributed by atoms with Gasteiger partial charge in [-0.2, -0.15) is 5.10 Å². The molecule has 1 saturated heterocycles. The maximum atomic E-state index is 4.43. The van der Waals surface area contributed by atoms with Crippen molar-refractivity contribution < 1.29 is 0 Å². The van der Waals surface area contributed by atoms with Crippen molar-refractivity contribution in [3.8, 4) is 11.4 Å². The Hall–Kier alpha value is -1.64. The van der Waals surface area contributed by atoms with Crippen LogP contribution in [0.25, 0.3) is 11.4 Å². The highest BCUT2D eigenvalue weighted by atomic mass is 127. The SMILES string of the molecule is CN=C(NCc1cccc(-c2ncn[nH]2)c1)N1CCC(C)CC1.I. The van der Waals surface area contributed by atoms with Crippen LogP contribution in [-0.4, -0.2) is 46.2 Å². The second-order valence-corrected chi connectivity index (χ2v) is 6.10. The molecule has 130 valence electrons. The zero-order chi connectivity index (χ0) is 16.1. The largest absolute Gasteiger partial charge is 0.352 e. The van der Waals surface area contributed by atoms with E-state index in [2.05, 4.69) is 49.4 Å². The molecular weight excluding hydrogens is 415 g/mol.